The quantitative estimate of drug-likeness (QED) is 0.767. The van der Waals surface area contributed by atoms with E-state index in [0.29, 0.717) is 11.7 Å². The lowest BCUT2D eigenvalue weighted by Crippen LogP contribution is -2.08. The fourth-order valence-corrected chi connectivity index (χ4v) is 1.77. The van der Waals surface area contributed by atoms with Gasteiger partial charge in [0.1, 0.15) is 11.6 Å². The number of phenolic OH excluding ortho intramolecular Hbond substituents is 1. The van der Waals surface area contributed by atoms with Gasteiger partial charge in [0.05, 0.1) is 0 Å². The van der Waals surface area contributed by atoms with Gasteiger partial charge in [-0.3, -0.25) is 0 Å². The maximum absolute atomic E-state index is 9.21. The summed E-state index contributed by atoms with van der Waals surface area (Å²) in [6, 6.07) is 9.15. The van der Waals surface area contributed by atoms with Gasteiger partial charge in [-0.15, -0.1) is 0 Å². The molecule has 0 aliphatic heterocycles. The number of hydrogen-bond acceptors (Lipinski definition) is 5. The molecule has 2 rings (SSSR count). The molecule has 0 unspecified atom stereocenters. The average molecular weight is 258 g/mol. The largest absolute Gasteiger partial charge is 0.508 e. The second-order valence-corrected chi connectivity index (χ2v) is 4.31. The van der Waals surface area contributed by atoms with Crippen LogP contribution in [-0.2, 0) is 6.42 Å². The highest BCUT2D eigenvalue weighted by atomic mass is 16.3. The summed E-state index contributed by atoms with van der Waals surface area (Å²) in [5.74, 6) is 1.73. The normalized spacial score (nSPS) is 10.2. The van der Waals surface area contributed by atoms with E-state index >= 15 is 0 Å². The minimum Gasteiger partial charge on any atom is -0.508 e. The van der Waals surface area contributed by atoms with Crippen LogP contribution in [0, 0.1) is 6.92 Å². The first kappa shape index (κ1) is 13.1. The molecule has 2 aromatic rings. The van der Waals surface area contributed by atoms with E-state index in [4.69, 9.17) is 0 Å². The molecule has 5 heteroatoms. The molecule has 1 aromatic carbocycles. The van der Waals surface area contributed by atoms with Crippen LogP contribution in [0.4, 0.5) is 11.8 Å². The monoisotopic (exact) mass is 258 g/mol. The van der Waals surface area contributed by atoms with Crippen molar-refractivity contribution in [3.8, 4) is 5.75 Å². The number of hydrogen-bond donors (Lipinski definition) is 3. The van der Waals surface area contributed by atoms with E-state index in [9.17, 15) is 5.11 Å². The number of nitrogens with zero attached hydrogens (tertiary/aromatic N) is 2. The molecule has 1 aromatic heterocycles. The molecule has 0 saturated heterocycles. The van der Waals surface area contributed by atoms with Crippen LogP contribution in [-0.4, -0.2) is 28.7 Å². The van der Waals surface area contributed by atoms with E-state index in [-0.39, 0.29) is 0 Å². The smallest absolute Gasteiger partial charge is 0.224 e. The van der Waals surface area contributed by atoms with E-state index < -0.39 is 0 Å². The Kier molecular flexibility index (Phi) is 4.18. The van der Waals surface area contributed by atoms with E-state index in [1.54, 1.807) is 19.2 Å². The highest BCUT2D eigenvalue weighted by Crippen LogP contribution is 2.11. The van der Waals surface area contributed by atoms with Crippen molar-refractivity contribution >= 4 is 11.8 Å². The highest BCUT2D eigenvalue weighted by Gasteiger charge is 2.00. The summed E-state index contributed by atoms with van der Waals surface area (Å²) in [5.41, 5.74) is 2.09. The van der Waals surface area contributed by atoms with Crippen molar-refractivity contribution in [2.24, 2.45) is 0 Å². The standard InChI is InChI=1S/C14H18N4O/c1-10-9-13(18-14(15-2)17-10)16-8-7-11-3-5-12(19)6-4-11/h3-6,9,19H,7-8H2,1-2H3,(H2,15,16,17,18). The second kappa shape index (κ2) is 6.04. The zero-order valence-corrected chi connectivity index (χ0v) is 11.1. The maximum atomic E-state index is 9.21. The number of phenols is 1. The van der Waals surface area contributed by atoms with E-state index in [1.807, 2.05) is 25.1 Å². The lowest BCUT2D eigenvalue weighted by atomic mass is 10.1. The van der Waals surface area contributed by atoms with Crippen molar-refractivity contribution < 1.29 is 5.11 Å². The molecule has 0 spiro atoms. The number of rotatable bonds is 5. The third-order valence-electron chi connectivity index (χ3n) is 2.73. The number of anilines is 2. The van der Waals surface area contributed by atoms with Gasteiger partial charge >= 0.3 is 0 Å². The molecule has 0 saturated carbocycles. The van der Waals surface area contributed by atoms with Gasteiger partial charge in [0.25, 0.3) is 0 Å². The summed E-state index contributed by atoms with van der Waals surface area (Å²) in [6.45, 7) is 2.72. The topological polar surface area (TPSA) is 70.1 Å². The van der Waals surface area contributed by atoms with Crippen LogP contribution in [0.15, 0.2) is 30.3 Å². The lowest BCUT2D eigenvalue weighted by molar-refractivity contribution is 0.475. The van der Waals surface area contributed by atoms with E-state index in [2.05, 4.69) is 20.6 Å². The van der Waals surface area contributed by atoms with Gasteiger partial charge in [-0.2, -0.15) is 4.98 Å². The van der Waals surface area contributed by atoms with Gasteiger partial charge in [0.15, 0.2) is 0 Å². The molecule has 0 radical (unpaired) electrons. The fraction of sp³-hybridized carbons (Fsp3) is 0.286. The van der Waals surface area contributed by atoms with Crippen molar-refractivity contribution in [2.75, 3.05) is 24.2 Å². The molecule has 5 nitrogen and oxygen atoms in total. The third-order valence-corrected chi connectivity index (χ3v) is 2.73. The molecular formula is C14H18N4O. The zero-order chi connectivity index (χ0) is 13.7. The minimum atomic E-state index is 0.293. The Labute approximate surface area is 112 Å². The lowest BCUT2D eigenvalue weighted by Gasteiger charge is -2.08. The number of aryl methyl sites for hydroxylation is 1. The predicted octanol–water partition coefficient (Wildman–Crippen LogP) is 2.19. The number of benzene rings is 1. The minimum absolute atomic E-state index is 0.293. The summed E-state index contributed by atoms with van der Waals surface area (Å²) in [6.07, 6.45) is 0.873. The first-order valence-corrected chi connectivity index (χ1v) is 6.22. The Morgan fingerprint density at radius 3 is 2.58 bits per heavy atom. The Morgan fingerprint density at radius 1 is 1.16 bits per heavy atom. The molecule has 0 atom stereocenters. The second-order valence-electron chi connectivity index (χ2n) is 4.31. The van der Waals surface area contributed by atoms with E-state index in [1.165, 1.54) is 5.56 Å². The maximum Gasteiger partial charge on any atom is 0.224 e. The summed E-state index contributed by atoms with van der Waals surface area (Å²) >= 11 is 0. The third kappa shape index (κ3) is 3.84. The summed E-state index contributed by atoms with van der Waals surface area (Å²) in [4.78, 5) is 8.56. The van der Waals surface area contributed by atoms with Gasteiger partial charge in [-0.1, -0.05) is 12.1 Å². The van der Waals surface area contributed by atoms with Crippen molar-refractivity contribution in [3.63, 3.8) is 0 Å². The van der Waals surface area contributed by atoms with Crippen LogP contribution in [0.1, 0.15) is 11.3 Å². The van der Waals surface area contributed by atoms with Gasteiger partial charge in [-0.05, 0) is 31.0 Å². The van der Waals surface area contributed by atoms with Crippen LogP contribution in [0.5, 0.6) is 5.75 Å². The summed E-state index contributed by atoms with van der Waals surface area (Å²) in [5, 5.41) is 15.4. The van der Waals surface area contributed by atoms with Crippen molar-refractivity contribution in [2.45, 2.75) is 13.3 Å². The Hall–Kier alpha value is -2.30. The summed E-state index contributed by atoms with van der Waals surface area (Å²) in [7, 11) is 1.80. The SMILES string of the molecule is CNc1nc(C)cc(NCCc2ccc(O)cc2)n1. The molecule has 3 N–H and O–H groups in total. The van der Waals surface area contributed by atoms with Crippen LogP contribution >= 0.6 is 0 Å². The van der Waals surface area contributed by atoms with Crippen molar-refractivity contribution in [1.29, 1.82) is 0 Å². The first-order valence-electron chi connectivity index (χ1n) is 6.22. The molecule has 0 bridgehead atoms. The molecular weight excluding hydrogens is 240 g/mol. The van der Waals surface area contributed by atoms with Gasteiger partial charge < -0.3 is 15.7 Å². The predicted molar refractivity (Wildman–Crippen MR) is 76.6 cm³/mol. The van der Waals surface area contributed by atoms with Crippen molar-refractivity contribution in [3.05, 3.63) is 41.6 Å². The fourth-order valence-electron chi connectivity index (χ4n) is 1.77. The molecule has 0 aliphatic carbocycles. The molecule has 0 fully saturated rings. The molecule has 0 amide bonds. The molecule has 1 heterocycles. The van der Waals surface area contributed by atoms with E-state index in [0.717, 1.165) is 24.5 Å². The van der Waals surface area contributed by atoms with Crippen molar-refractivity contribution in [1.82, 2.24) is 9.97 Å². The van der Waals surface area contributed by atoms with Gasteiger partial charge in [-0.25, -0.2) is 4.98 Å². The van der Waals surface area contributed by atoms with Gasteiger partial charge in [0, 0.05) is 25.4 Å². The number of aromatic nitrogens is 2. The molecule has 100 valence electrons. The zero-order valence-electron chi connectivity index (χ0n) is 11.1. The molecule has 0 aliphatic rings. The van der Waals surface area contributed by atoms with Crippen LogP contribution in [0.3, 0.4) is 0 Å². The Bertz CT molecular complexity index is 540. The van der Waals surface area contributed by atoms with Crippen LogP contribution < -0.4 is 10.6 Å². The first-order chi connectivity index (χ1) is 9.17. The number of aromatic hydroxyl groups is 1. The highest BCUT2D eigenvalue weighted by molar-refractivity contribution is 5.42. The Morgan fingerprint density at radius 2 is 1.89 bits per heavy atom. The van der Waals surface area contributed by atoms with Crippen LogP contribution in [0.25, 0.3) is 0 Å². The number of nitrogens with one attached hydrogen (secondary N) is 2. The van der Waals surface area contributed by atoms with Gasteiger partial charge in [0.2, 0.25) is 5.95 Å². The Balaban J connectivity index is 1.92. The van der Waals surface area contributed by atoms with Crippen LogP contribution in [0.2, 0.25) is 0 Å². The average Bonchev–Trinajstić information content (AvgIpc) is 2.40. The molecule has 19 heavy (non-hydrogen) atoms. The summed E-state index contributed by atoms with van der Waals surface area (Å²) < 4.78 is 0.